The van der Waals surface area contributed by atoms with E-state index in [0.717, 1.165) is 18.4 Å². The third-order valence-electron chi connectivity index (χ3n) is 2.48. The lowest BCUT2D eigenvalue weighted by atomic mass is 9.97. The van der Waals surface area contributed by atoms with Crippen LogP contribution in [0.15, 0.2) is 6.20 Å². The number of halogens is 1. The number of nitrogens with zero attached hydrogens (tertiary/aromatic N) is 2. The number of ketones is 1. The Morgan fingerprint density at radius 1 is 1.67 bits per heavy atom. The fourth-order valence-corrected chi connectivity index (χ4v) is 1.85. The summed E-state index contributed by atoms with van der Waals surface area (Å²) in [7, 11) is 0. The van der Waals surface area contributed by atoms with Crippen LogP contribution in [0.2, 0.25) is 5.28 Å². The second-order valence-corrected chi connectivity index (χ2v) is 3.98. The van der Waals surface area contributed by atoms with Crippen LogP contribution < -0.4 is 5.32 Å². The summed E-state index contributed by atoms with van der Waals surface area (Å²) in [5.74, 6) is 0.906. The van der Waals surface area contributed by atoms with Crippen molar-refractivity contribution in [3.05, 3.63) is 17.0 Å². The van der Waals surface area contributed by atoms with Crippen LogP contribution in [0.25, 0.3) is 0 Å². The van der Waals surface area contributed by atoms with Gasteiger partial charge < -0.3 is 5.32 Å². The van der Waals surface area contributed by atoms with Crippen molar-refractivity contribution in [1.29, 1.82) is 0 Å². The van der Waals surface area contributed by atoms with Crippen molar-refractivity contribution in [2.45, 2.75) is 32.2 Å². The van der Waals surface area contributed by atoms with Gasteiger partial charge in [-0.05, 0) is 18.0 Å². The van der Waals surface area contributed by atoms with Gasteiger partial charge in [0.25, 0.3) is 0 Å². The van der Waals surface area contributed by atoms with E-state index in [2.05, 4.69) is 22.2 Å². The van der Waals surface area contributed by atoms with Crippen molar-refractivity contribution in [2.75, 3.05) is 5.32 Å². The summed E-state index contributed by atoms with van der Waals surface area (Å²) in [4.78, 5) is 19.6. The van der Waals surface area contributed by atoms with Crippen molar-refractivity contribution in [3.63, 3.8) is 0 Å². The Morgan fingerprint density at radius 3 is 3.20 bits per heavy atom. The molecular weight excluding hydrogens is 214 g/mol. The first-order valence-corrected chi connectivity index (χ1v) is 5.39. The van der Waals surface area contributed by atoms with Crippen molar-refractivity contribution in [1.82, 2.24) is 9.97 Å². The summed E-state index contributed by atoms with van der Waals surface area (Å²) in [6.45, 7) is 2.05. The Morgan fingerprint density at radius 2 is 2.47 bits per heavy atom. The molecule has 4 nitrogen and oxygen atoms in total. The van der Waals surface area contributed by atoms with E-state index in [4.69, 9.17) is 11.6 Å². The van der Waals surface area contributed by atoms with Gasteiger partial charge in [-0.1, -0.05) is 13.3 Å². The van der Waals surface area contributed by atoms with E-state index in [1.165, 1.54) is 0 Å². The number of aromatic nitrogens is 2. The molecule has 2 rings (SSSR count). The number of anilines is 1. The fraction of sp³-hybridized carbons (Fsp3) is 0.500. The van der Waals surface area contributed by atoms with E-state index in [9.17, 15) is 4.79 Å². The predicted molar refractivity (Wildman–Crippen MR) is 58.1 cm³/mol. The highest BCUT2D eigenvalue weighted by Crippen LogP contribution is 2.22. The molecule has 0 saturated heterocycles. The van der Waals surface area contributed by atoms with Gasteiger partial charge in [0, 0.05) is 18.2 Å². The zero-order valence-corrected chi connectivity index (χ0v) is 9.21. The molecule has 0 amide bonds. The summed E-state index contributed by atoms with van der Waals surface area (Å²) in [5.41, 5.74) is 0.830. The molecule has 1 atom stereocenters. The second kappa shape index (κ2) is 4.14. The van der Waals surface area contributed by atoms with Crippen LogP contribution in [0, 0.1) is 0 Å². The number of Topliss-reactive ketones (excluding diaryl/α,β-unsaturated/α-hetero) is 1. The molecule has 0 fully saturated rings. The van der Waals surface area contributed by atoms with Gasteiger partial charge in [-0.3, -0.25) is 4.79 Å². The van der Waals surface area contributed by atoms with Gasteiger partial charge in [-0.2, -0.15) is 0 Å². The normalized spacial score (nSPS) is 19.6. The lowest BCUT2D eigenvalue weighted by molar-refractivity contribution is -0.119. The summed E-state index contributed by atoms with van der Waals surface area (Å²) >= 11 is 5.69. The fourth-order valence-electron chi connectivity index (χ4n) is 1.72. The van der Waals surface area contributed by atoms with Gasteiger partial charge in [-0.25, -0.2) is 9.97 Å². The quantitative estimate of drug-likeness (QED) is 0.781. The third kappa shape index (κ3) is 2.09. The van der Waals surface area contributed by atoms with Gasteiger partial charge in [0.1, 0.15) is 5.82 Å². The molecule has 1 aliphatic rings. The number of hydrogen-bond donors (Lipinski definition) is 1. The summed E-state index contributed by atoms with van der Waals surface area (Å²) in [5, 5.41) is 3.32. The van der Waals surface area contributed by atoms with Crippen LogP contribution in [-0.2, 0) is 11.2 Å². The Labute approximate surface area is 93.1 Å². The minimum absolute atomic E-state index is 0.117. The van der Waals surface area contributed by atoms with E-state index in [0.29, 0.717) is 12.2 Å². The van der Waals surface area contributed by atoms with Crippen molar-refractivity contribution >= 4 is 23.2 Å². The monoisotopic (exact) mass is 225 g/mol. The highest BCUT2D eigenvalue weighted by molar-refractivity contribution is 6.28. The molecule has 0 aliphatic carbocycles. The van der Waals surface area contributed by atoms with Gasteiger partial charge >= 0.3 is 0 Å². The van der Waals surface area contributed by atoms with Gasteiger partial charge in [-0.15, -0.1) is 0 Å². The van der Waals surface area contributed by atoms with Crippen LogP contribution in [0.1, 0.15) is 25.3 Å². The van der Waals surface area contributed by atoms with Crippen LogP contribution in [0.3, 0.4) is 0 Å². The molecule has 15 heavy (non-hydrogen) atoms. The summed E-state index contributed by atoms with van der Waals surface area (Å²) < 4.78 is 0. The van der Waals surface area contributed by atoms with E-state index in [1.54, 1.807) is 6.20 Å². The zero-order chi connectivity index (χ0) is 10.8. The van der Waals surface area contributed by atoms with Gasteiger partial charge in [0.15, 0.2) is 5.78 Å². The molecule has 0 unspecified atom stereocenters. The van der Waals surface area contributed by atoms with Crippen molar-refractivity contribution in [2.24, 2.45) is 0 Å². The predicted octanol–water partition coefficient (Wildman–Crippen LogP) is 1.84. The molecular formula is C10H12ClN3O. The Hall–Kier alpha value is -1.16. The molecule has 0 saturated carbocycles. The number of fused-ring (bicyclic) bond motifs is 1. The maximum atomic E-state index is 11.7. The molecule has 5 heteroatoms. The summed E-state index contributed by atoms with van der Waals surface area (Å²) in [6, 6.07) is -0.117. The number of hydrogen-bond acceptors (Lipinski definition) is 4. The Bertz CT molecular complexity index is 394. The van der Waals surface area contributed by atoms with E-state index in [-0.39, 0.29) is 17.1 Å². The third-order valence-corrected chi connectivity index (χ3v) is 2.66. The lowest BCUT2D eigenvalue weighted by Crippen LogP contribution is -2.35. The van der Waals surface area contributed by atoms with Gasteiger partial charge in [0.05, 0.1) is 6.04 Å². The molecule has 0 aromatic carbocycles. The summed E-state index contributed by atoms with van der Waals surface area (Å²) in [6.07, 6.45) is 3.82. The van der Waals surface area contributed by atoms with E-state index >= 15 is 0 Å². The lowest BCUT2D eigenvalue weighted by Gasteiger charge is -2.24. The van der Waals surface area contributed by atoms with E-state index in [1.807, 2.05) is 0 Å². The standard InChI is InChI=1S/C10H12ClN3O/c1-2-3-7-8(15)4-6-5-12-10(11)14-9(6)13-7/h5,7H,2-4H2,1H3,(H,12,13,14)/t7-/m0/s1. The minimum atomic E-state index is -0.117. The highest BCUT2D eigenvalue weighted by Gasteiger charge is 2.26. The molecule has 1 aliphatic heterocycles. The van der Waals surface area contributed by atoms with Crippen LogP contribution in [0.5, 0.6) is 0 Å². The molecule has 0 radical (unpaired) electrons. The molecule has 1 aromatic rings. The average Bonchev–Trinajstić information content (AvgIpc) is 2.20. The topological polar surface area (TPSA) is 54.9 Å². The first-order chi connectivity index (χ1) is 7.20. The molecule has 0 spiro atoms. The number of nitrogens with one attached hydrogen (secondary N) is 1. The maximum absolute atomic E-state index is 11.7. The molecule has 2 heterocycles. The second-order valence-electron chi connectivity index (χ2n) is 3.64. The number of carbonyl (C=O) groups excluding carboxylic acids is 1. The molecule has 0 bridgehead atoms. The molecule has 1 N–H and O–H groups in total. The van der Waals surface area contributed by atoms with Crippen molar-refractivity contribution in [3.8, 4) is 0 Å². The first-order valence-electron chi connectivity index (χ1n) is 5.01. The van der Waals surface area contributed by atoms with Crippen LogP contribution in [0.4, 0.5) is 5.82 Å². The Balaban J connectivity index is 2.26. The maximum Gasteiger partial charge on any atom is 0.224 e. The van der Waals surface area contributed by atoms with Crippen LogP contribution in [-0.4, -0.2) is 21.8 Å². The molecule has 1 aromatic heterocycles. The minimum Gasteiger partial charge on any atom is -0.360 e. The molecule has 80 valence electrons. The number of rotatable bonds is 2. The highest BCUT2D eigenvalue weighted by atomic mass is 35.5. The van der Waals surface area contributed by atoms with Crippen LogP contribution >= 0.6 is 11.6 Å². The van der Waals surface area contributed by atoms with E-state index < -0.39 is 0 Å². The smallest absolute Gasteiger partial charge is 0.224 e. The largest absolute Gasteiger partial charge is 0.360 e. The van der Waals surface area contributed by atoms with Gasteiger partial charge in [0.2, 0.25) is 5.28 Å². The van der Waals surface area contributed by atoms with Crippen molar-refractivity contribution < 1.29 is 4.79 Å². The Kier molecular flexibility index (Phi) is 2.86. The SMILES string of the molecule is CCC[C@@H]1Nc2nc(Cl)ncc2CC1=O. The number of carbonyl (C=O) groups is 1. The first kappa shape index (κ1) is 10.4. The zero-order valence-electron chi connectivity index (χ0n) is 8.46. The average molecular weight is 226 g/mol.